The third-order valence-electron chi connectivity index (χ3n) is 3.57. The monoisotopic (exact) mass is 280 g/mol. The second-order valence-corrected chi connectivity index (χ2v) is 5.27. The topological polar surface area (TPSA) is 27.1 Å². The number of aromatic nitrogens is 2. The molecule has 0 radical (unpaired) electrons. The van der Waals surface area contributed by atoms with Gasteiger partial charge in [-0.2, -0.15) is 0 Å². The number of para-hydroxylation sites is 2. The fraction of sp³-hybridized carbons (Fsp3) is 0.278. The number of rotatable bonds is 5. The highest BCUT2D eigenvalue weighted by atomic mass is 16.5. The lowest BCUT2D eigenvalue weighted by atomic mass is 10.2. The highest BCUT2D eigenvalue weighted by molar-refractivity contribution is 5.75. The molecule has 1 aromatic heterocycles. The molecule has 0 saturated carbocycles. The fourth-order valence-corrected chi connectivity index (χ4v) is 2.49. The number of benzene rings is 2. The first-order chi connectivity index (χ1) is 10.3. The molecule has 3 nitrogen and oxygen atoms in total. The summed E-state index contributed by atoms with van der Waals surface area (Å²) in [5.41, 5.74) is 3.45. The van der Waals surface area contributed by atoms with Crippen LogP contribution in [0, 0.1) is 6.92 Å². The average molecular weight is 280 g/mol. The molecule has 0 unspecified atom stereocenters. The van der Waals surface area contributed by atoms with E-state index in [2.05, 4.69) is 48.7 Å². The molecule has 3 aromatic rings. The van der Waals surface area contributed by atoms with Crippen LogP contribution in [-0.2, 0) is 13.2 Å². The van der Waals surface area contributed by atoms with Gasteiger partial charge in [-0.25, -0.2) is 4.98 Å². The molecule has 108 valence electrons. The van der Waals surface area contributed by atoms with Crippen LogP contribution in [0.2, 0.25) is 0 Å². The van der Waals surface area contributed by atoms with E-state index in [0.717, 1.165) is 30.1 Å². The van der Waals surface area contributed by atoms with Crippen LogP contribution >= 0.6 is 0 Å². The normalized spacial score (nSPS) is 11.0. The van der Waals surface area contributed by atoms with E-state index >= 15 is 0 Å². The van der Waals surface area contributed by atoms with Gasteiger partial charge in [-0.3, -0.25) is 0 Å². The van der Waals surface area contributed by atoms with Crippen LogP contribution in [0.25, 0.3) is 11.0 Å². The largest absolute Gasteiger partial charge is 0.486 e. The zero-order valence-corrected chi connectivity index (χ0v) is 12.5. The molecule has 3 rings (SSSR count). The van der Waals surface area contributed by atoms with Gasteiger partial charge in [0, 0.05) is 6.54 Å². The quantitative estimate of drug-likeness (QED) is 0.695. The van der Waals surface area contributed by atoms with Gasteiger partial charge in [0.15, 0.2) is 0 Å². The third-order valence-corrected chi connectivity index (χ3v) is 3.57. The molecule has 0 atom stereocenters. The van der Waals surface area contributed by atoms with Gasteiger partial charge in [-0.05, 0) is 37.6 Å². The smallest absolute Gasteiger partial charge is 0.147 e. The Morgan fingerprint density at radius 3 is 2.57 bits per heavy atom. The molecule has 2 aromatic carbocycles. The molecular weight excluding hydrogens is 260 g/mol. The minimum absolute atomic E-state index is 0.498. The molecule has 0 spiro atoms. The van der Waals surface area contributed by atoms with Gasteiger partial charge in [0.1, 0.15) is 18.2 Å². The molecule has 0 aliphatic carbocycles. The van der Waals surface area contributed by atoms with Crippen molar-refractivity contribution >= 4 is 11.0 Å². The van der Waals surface area contributed by atoms with E-state index in [9.17, 15) is 0 Å². The number of hydrogen-bond donors (Lipinski definition) is 0. The van der Waals surface area contributed by atoms with Gasteiger partial charge in [0.25, 0.3) is 0 Å². The van der Waals surface area contributed by atoms with E-state index in [1.807, 2.05) is 18.2 Å². The van der Waals surface area contributed by atoms with Crippen molar-refractivity contribution in [1.82, 2.24) is 9.55 Å². The Morgan fingerprint density at radius 1 is 1.05 bits per heavy atom. The van der Waals surface area contributed by atoms with E-state index in [-0.39, 0.29) is 0 Å². The van der Waals surface area contributed by atoms with Gasteiger partial charge in [0.2, 0.25) is 0 Å². The first kappa shape index (κ1) is 13.7. The van der Waals surface area contributed by atoms with Gasteiger partial charge in [-0.1, -0.05) is 36.8 Å². The highest BCUT2D eigenvalue weighted by Crippen LogP contribution is 2.19. The number of ether oxygens (including phenoxy) is 1. The molecule has 1 heterocycles. The third kappa shape index (κ3) is 2.92. The molecule has 0 saturated heterocycles. The van der Waals surface area contributed by atoms with Crippen LogP contribution in [0.3, 0.4) is 0 Å². The van der Waals surface area contributed by atoms with E-state index in [1.54, 1.807) is 0 Å². The maximum absolute atomic E-state index is 5.88. The van der Waals surface area contributed by atoms with Crippen LogP contribution in [0.4, 0.5) is 0 Å². The minimum Gasteiger partial charge on any atom is -0.486 e. The highest BCUT2D eigenvalue weighted by Gasteiger charge is 2.10. The summed E-state index contributed by atoms with van der Waals surface area (Å²) in [6.45, 7) is 5.72. The van der Waals surface area contributed by atoms with Gasteiger partial charge in [0.05, 0.1) is 11.0 Å². The van der Waals surface area contributed by atoms with Crippen LogP contribution < -0.4 is 4.74 Å². The predicted molar refractivity (Wildman–Crippen MR) is 85.5 cm³/mol. The van der Waals surface area contributed by atoms with Crippen molar-refractivity contribution in [2.45, 2.75) is 33.4 Å². The summed E-state index contributed by atoms with van der Waals surface area (Å²) < 4.78 is 8.13. The lowest BCUT2D eigenvalue weighted by Crippen LogP contribution is -2.07. The second kappa shape index (κ2) is 6.00. The van der Waals surface area contributed by atoms with Crippen molar-refractivity contribution in [1.29, 1.82) is 0 Å². The Balaban J connectivity index is 1.85. The minimum atomic E-state index is 0.498. The number of nitrogens with zero attached hydrogens (tertiary/aromatic N) is 2. The Labute approximate surface area is 125 Å². The molecular formula is C18H20N2O. The lowest BCUT2D eigenvalue weighted by Gasteiger charge is -2.09. The van der Waals surface area contributed by atoms with Crippen LogP contribution in [0.1, 0.15) is 24.7 Å². The number of hydrogen-bond acceptors (Lipinski definition) is 2. The maximum atomic E-state index is 5.88. The number of imidazole rings is 1. The predicted octanol–water partition coefficient (Wildman–Crippen LogP) is 4.33. The zero-order chi connectivity index (χ0) is 14.7. The molecule has 0 bridgehead atoms. The van der Waals surface area contributed by atoms with Crippen molar-refractivity contribution in [3.05, 3.63) is 59.9 Å². The van der Waals surface area contributed by atoms with Crippen LogP contribution in [-0.4, -0.2) is 9.55 Å². The van der Waals surface area contributed by atoms with Crippen LogP contribution in [0.5, 0.6) is 5.75 Å². The van der Waals surface area contributed by atoms with E-state index < -0.39 is 0 Å². The lowest BCUT2D eigenvalue weighted by molar-refractivity contribution is 0.290. The van der Waals surface area contributed by atoms with Crippen molar-refractivity contribution in [3.63, 3.8) is 0 Å². The SMILES string of the molecule is CCCn1c(COc2ccc(C)cc2)nc2ccccc21. The van der Waals surface area contributed by atoms with Gasteiger partial charge >= 0.3 is 0 Å². The summed E-state index contributed by atoms with van der Waals surface area (Å²) in [6.07, 6.45) is 1.08. The van der Waals surface area contributed by atoms with Crippen molar-refractivity contribution in [2.24, 2.45) is 0 Å². The van der Waals surface area contributed by atoms with Crippen molar-refractivity contribution in [3.8, 4) is 5.75 Å². The zero-order valence-electron chi connectivity index (χ0n) is 12.5. The molecule has 3 heteroatoms. The Morgan fingerprint density at radius 2 is 1.81 bits per heavy atom. The summed E-state index contributed by atoms with van der Waals surface area (Å²) in [6, 6.07) is 16.4. The summed E-state index contributed by atoms with van der Waals surface area (Å²) in [4.78, 5) is 4.70. The number of fused-ring (bicyclic) bond motifs is 1. The maximum Gasteiger partial charge on any atom is 0.147 e. The summed E-state index contributed by atoms with van der Waals surface area (Å²) in [5, 5.41) is 0. The molecule has 0 fully saturated rings. The average Bonchev–Trinajstić information content (AvgIpc) is 2.85. The molecule has 0 amide bonds. The van der Waals surface area contributed by atoms with Gasteiger partial charge < -0.3 is 9.30 Å². The summed E-state index contributed by atoms with van der Waals surface area (Å²) in [7, 11) is 0. The van der Waals surface area contributed by atoms with Crippen molar-refractivity contribution in [2.75, 3.05) is 0 Å². The second-order valence-electron chi connectivity index (χ2n) is 5.27. The molecule has 0 N–H and O–H groups in total. The Hall–Kier alpha value is -2.29. The Kier molecular flexibility index (Phi) is 3.91. The van der Waals surface area contributed by atoms with E-state index in [0.29, 0.717) is 6.61 Å². The van der Waals surface area contributed by atoms with Crippen LogP contribution in [0.15, 0.2) is 48.5 Å². The first-order valence-corrected chi connectivity index (χ1v) is 7.41. The van der Waals surface area contributed by atoms with E-state index in [1.165, 1.54) is 11.1 Å². The standard InChI is InChI=1S/C18H20N2O/c1-3-12-20-17-7-5-4-6-16(17)19-18(20)13-21-15-10-8-14(2)9-11-15/h4-11H,3,12-13H2,1-2H3. The number of aryl methyl sites for hydroxylation is 2. The van der Waals surface area contributed by atoms with Gasteiger partial charge in [-0.15, -0.1) is 0 Å². The van der Waals surface area contributed by atoms with E-state index in [4.69, 9.17) is 9.72 Å². The summed E-state index contributed by atoms with van der Waals surface area (Å²) in [5.74, 6) is 1.87. The summed E-state index contributed by atoms with van der Waals surface area (Å²) >= 11 is 0. The molecule has 0 aliphatic heterocycles. The molecule has 21 heavy (non-hydrogen) atoms. The Bertz CT molecular complexity index is 729. The van der Waals surface area contributed by atoms with Crippen molar-refractivity contribution < 1.29 is 4.74 Å². The fourth-order valence-electron chi connectivity index (χ4n) is 2.49. The first-order valence-electron chi connectivity index (χ1n) is 7.41. The molecule has 0 aliphatic rings.